The Bertz CT molecular complexity index is 786. The number of nitrogens with zero attached hydrogens (tertiary/aromatic N) is 2. The summed E-state index contributed by atoms with van der Waals surface area (Å²) in [6, 6.07) is 11.8. The van der Waals surface area contributed by atoms with Crippen LogP contribution in [0.15, 0.2) is 47.1 Å². The number of nitrogens with one attached hydrogen (secondary N) is 1. The van der Waals surface area contributed by atoms with Gasteiger partial charge >= 0.3 is 0 Å². The molecule has 20 heavy (non-hydrogen) atoms. The Morgan fingerprint density at radius 1 is 1.20 bits per heavy atom. The summed E-state index contributed by atoms with van der Waals surface area (Å²) >= 11 is 3.35. The second-order valence-electron chi connectivity index (χ2n) is 4.54. The number of anilines is 3. The predicted molar refractivity (Wildman–Crippen MR) is 86.1 cm³/mol. The maximum atomic E-state index is 5.98. The molecule has 100 valence electrons. The van der Waals surface area contributed by atoms with Crippen LogP contribution in [0.5, 0.6) is 0 Å². The summed E-state index contributed by atoms with van der Waals surface area (Å²) < 4.78 is 0.858. The molecule has 0 aliphatic heterocycles. The minimum Gasteiger partial charge on any atom is -0.396 e. The van der Waals surface area contributed by atoms with Crippen molar-refractivity contribution in [2.75, 3.05) is 11.1 Å². The molecular formula is C15H13BrN4. The van der Waals surface area contributed by atoms with Crippen LogP contribution >= 0.6 is 15.9 Å². The molecule has 0 bridgehead atoms. The SMILES string of the molecule is Cc1cc(Nc2ncc(Br)cc2N)c2ccccc2n1. The smallest absolute Gasteiger partial charge is 0.153 e. The molecular weight excluding hydrogens is 316 g/mol. The molecule has 0 atom stereocenters. The number of nitrogens with two attached hydrogens (primary N) is 1. The molecule has 0 fully saturated rings. The van der Waals surface area contributed by atoms with Gasteiger partial charge in [-0.05, 0) is 41.1 Å². The van der Waals surface area contributed by atoms with Crippen LogP contribution in [0.2, 0.25) is 0 Å². The number of para-hydroxylation sites is 1. The van der Waals surface area contributed by atoms with Crippen LogP contribution in [0.3, 0.4) is 0 Å². The number of aromatic nitrogens is 2. The summed E-state index contributed by atoms with van der Waals surface area (Å²) in [7, 11) is 0. The number of hydrogen-bond donors (Lipinski definition) is 2. The standard InChI is InChI=1S/C15H13BrN4/c1-9-6-14(11-4-2-3-5-13(11)19-9)20-15-12(17)7-10(16)8-18-15/h2-8H,17H2,1H3,(H,18,19,20). The van der Waals surface area contributed by atoms with E-state index in [9.17, 15) is 0 Å². The fraction of sp³-hybridized carbons (Fsp3) is 0.0667. The lowest BCUT2D eigenvalue weighted by atomic mass is 10.1. The molecule has 1 aromatic carbocycles. The second kappa shape index (κ2) is 5.09. The minimum atomic E-state index is 0.595. The van der Waals surface area contributed by atoms with Crippen LogP contribution in [-0.2, 0) is 0 Å². The van der Waals surface area contributed by atoms with Gasteiger partial charge in [0.1, 0.15) is 0 Å². The van der Waals surface area contributed by atoms with Gasteiger partial charge in [-0.25, -0.2) is 4.98 Å². The summed E-state index contributed by atoms with van der Waals surface area (Å²) in [5.41, 5.74) is 9.43. The Hall–Kier alpha value is -2.14. The molecule has 0 saturated heterocycles. The Labute approximate surface area is 125 Å². The number of benzene rings is 1. The zero-order valence-corrected chi connectivity index (χ0v) is 12.5. The fourth-order valence-electron chi connectivity index (χ4n) is 2.10. The van der Waals surface area contributed by atoms with Gasteiger partial charge in [0.2, 0.25) is 0 Å². The van der Waals surface area contributed by atoms with E-state index < -0.39 is 0 Å². The van der Waals surface area contributed by atoms with Gasteiger partial charge in [-0.2, -0.15) is 0 Å². The van der Waals surface area contributed by atoms with Crippen LogP contribution in [0.25, 0.3) is 10.9 Å². The molecule has 3 aromatic rings. The number of fused-ring (bicyclic) bond motifs is 1. The van der Waals surface area contributed by atoms with Crippen LogP contribution in [0.4, 0.5) is 17.2 Å². The maximum absolute atomic E-state index is 5.98. The van der Waals surface area contributed by atoms with E-state index in [1.54, 1.807) is 6.20 Å². The zero-order valence-electron chi connectivity index (χ0n) is 10.9. The Kier molecular flexibility index (Phi) is 3.28. The van der Waals surface area contributed by atoms with Gasteiger partial charge in [-0.1, -0.05) is 18.2 Å². The van der Waals surface area contributed by atoms with Crippen molar-refractivity contribution < 1.29 is 0 Å². The highest BCUT2D eigenvalue weighted by Gasteiger charge is 2.07. The van der Waals surface area contributed by atoms with Gasteiger partial charge in [0.25, 0.3) is 0 Å². The molecule has 0 unspecified atom stereocenters. The second-order valence-corrected chi connectivity index (χ2v) is 5.46. The normalized spacial score (nSPS) is 10.7. The summed E-state index contributed by atoms with van der Waals surface area (Å²) in [6.07, 6.45) is 1.72. The van der Waals surface area contributed by atoms with E-state index in [0.29, 0.717) is 11.5 Å². The van der Waals surface area contributed by atoms with E-state index in [-0.39, 0.29) is 0 Å². The van der Waals surface area contributed by atoms with Crippen molar-refractivity contribution in [3.05, 3.63) is 52.8 Å². The van der Waals surface area contributed by atoms with Crippen molar-refractivity contribution in [3.63, 3.8) is 0 Å². The molecule has 4 nitrogen and oxygen atoms in total. The Balaban J connectivity index is 2.10. The molecule has 0 radical (unpaired) electrons. The first-order valence-corrected chi connectivity index (χ1v) is 6.97. The van der Waals surface area contributed by atoms with Gasteiger partial charge in [0, 0.05) is 21.7 Å². The number of hydrogen-bond acceptors (Lipinski definition) is 4. The average Bonchev–Trinajstić information content (AvgIpc) is 2.41. The monoisotopic (exact) mass is 328 g/mol. The number of nitrogen functional groups attached to an aromatic ring is 1. The lowest BCUT2D eigenvalue weighted by molar-refractivity contribution is 1.24. The summed E-state index contributed by atoms with van der Waals surface area (Å²) in [5.74, 6) is 0.643. The third-order valence-corrected chi connectivity index (χ3v) is 3.41. The summed E-state index contributed by atoms with van der Waals surface area (Å²) in [5, 5.41) is 4.33. The van der Waals surface area contributed by atoms with E-state index in [1.807, 2.05) is 43.3 Å². The molecule has 3 N–H and O–H groups in total. The predicted octanol–water partition coefficient (Wildman–Crippen LogP) is 4.03. The highest BCUT2D eigenvalue weighted by molar-refractivity contribution is 9.10. The summed E-state index contributed by atoms with van der Waals surface area (Å²) in [4.78, 5) is 8.82. The molecule has 0 amide bonds. The van der Waals surface area contributed by atoms with Crippen LogP contribution < -0.4 is 11.1 Å². The van der Waals surface area contributed by atoms with E-state index in [0.717, 1.165) is 26.8 Å². The van der Waals surface area contributed by atoms with Crippen LogP contribution in [0.1, 0.15) is 5.69 Å². The zero-order chi connectivity index (χ0) is 14.1. The van der Waals surface area contributed by atoms with E-state index in [1.165, 1.54) is 0 Å². The van der Waals surface area contributed by atoms with Crippen molar-refractivity contribution in [3.8, 4) is 0 Å². The molecule has 2 aromatic heterocycles. The van der Waals surface area contributed by atoms with Crippen LogP contribution in [0, 0.1) is 6.92 Å². The van der Waals surface area contributed by atoms with Gasteiger partial charge < -0.3 is 11.1 Å². The van der Waals surface area contributed by atoms with Gasteiger partial charge in [-0.3, -0.25) is 4.98 Å². The highest BCUT2D eigenvalue weighted by atomic mass is 79.9. The first kappa shape index (κ1) is 12.9. The largest absolute Gasteiger partial charge is 0.396 e. The van der Waals surface area contributed by atoms with E-state index in [4.69, 9.17) is 5.73 Å². The third-order valence-electron chi connectivity index (χ3n) is 2.98. The first-order chi connectivity index (χ1) is 9.63. The fourth-order valence-corrected chi connectivity index (χ4v) is 2.45. The number of halogens is 1. The lowest BCUT2D eigenvalue weighted by Crippen LogP contribution is -2.00. The summed E-state index contributed by atoms with van der Waals surface area (Å²) in [6.45, 7) is 1.97. The Morgan fingerprint density at radius 3 is 2.80 bits per heavy atom. The van der Waals surface area contributed by atoms with E-state index in [2.05, 4.69) is 31.2 Å². The van der Waals surface area contributed by atoms with E-state index >= 15 is 0 Å². The number of pyridine rings is 2. The number of rotatable bonds is 2. The lowest BCUT2D eigenvalue weighted by Gasteiger charge is -2.11. The van der Waals surface area contributed by atoms with Gasteiger partial charge in [0.05, 0.1) is 16.9 Å². The molecule has 2 heterocycles. The van der Waals surface area contributed by atoms with Crippen molar-refractivity contribution in [1.29, 1.82) is 0 Å². The molecule has 3 rings (SSSR count). The van der Waals surface area contributed by atoms with Crippen molar-refractivity contribution >= 4 is 44.0 Å². The maximum Gasteiger partial charge on any atom is 0.153 e. The first-order valence-electron chi connectivity index (χ1n) is 6.18. The molecule has 0 aliphatic rings. The van der Waals surface area contributed by atoms with Gasteiger partial charge in [0.15, 0.2) is 5.82 Å². The molecule has 0 spiro atoms. The highest BCUT2D eigenvalue weighted by Crippen LogP contribution is 2.28. The molecule has 5 heteroatoms. The molecule has 0 aliphatic carbocycles. The average molecular weight is 329 g/mol. The quantitative estimate of drug-likeness (QED) is 0.745. The topological polar surface area (TPSA) is 63.8 Å². The number of aryl methyl sites for hydroxylation is 1. The third kappa shape index (κ3) is 2.44. The van der Waals surface area contributed by atoms with Crippen molar-refractivity contribution in [1.82, 2.24) is 9.97 Å². The van der Waals surface area contributed by atoms with Crippen molar-refractivity contribution in [2.45, 2.75) is 6.92 Å². The van der Waals surface area contributed by atoms with Crippen molar-refractivity contribution in [2.24, 2.45) is 0 Å². The Morgan fingerprint density at radius 2 is 2.00 bits per heavy atom. The van der Waals surface area contributed by atoms with Crippen LogP contribution in [-0.4, -0.2) is 9.97 Å². The minimum absolute atomic E-state index is 0.595. The molecule has 0 saturated carbocycles. The van der Waals surface area contributed by atoms with Gasteiger partial charge in [-0.15, -0.1) is 0 Å².